The second kappa shape index (κ2) is 29.5. The Kier molecular flexibility index (Phi) is 26.6. The van der Waals surface area contributed by atoms with Gasteiger partial charge in [-0.25, -0.2) is 0 Å². The lowest BCUT2D eigenvalue weighted by molar-refractivity contribution is -0.192. The third-order valence-electron chi connectivity index (χ3n) is 11.9. The van der Waals surface area contributed by atoms with Gasteiger partial charge in [0.2, 0.25) is 0 Å². The molecule has 1 aliphatic heterocycles. The summed E-state index contributed by atoms with van der Waals surface area (Å²) in [6.07, 6.45) is 25.1. The van der Waals surface area contributed by atoms with Gasteiger partial charge in [0.25, 0.3) is 0 Å². The van der Waals surface area contributed by atoms with Crippen molar-refractivity contribution in [1.29, 1.82) is 0 Å². The fourth-order valence-corrected chi connectivity index (χ4v) is 8.69. The molecule has 0 amide bonds. The third-order valence-corrected chi connectivity index (χ3v) is 12.4. The number of hydrogen-bond donors (Lipinski definition) is 2. The van der Waals surface area contributed by atoms with E-state index in [0.717, 1.165) is 51.4 Å². The summed E-state index contributed by atoms with van der Waals surface area (Å²) in [5.41, 5.74) is -0.608. The van der Waals surface area contributed by atoms with Crippen LogP contribution in [0.2, 0.25) is 0 Å². The van der Waals surface area contributed by atoms with Crippen molar-refractivity contribution in [3.8, 4) is 0 Å². The summed E-state index contributed by atoms with van der Waals surface area (Å²) in [5, 5.41) is 21.2. The summed E-state index contributed by atoms with van der Waals surface area (Å²) in [7, 11) is 1.58. The van der Waals surface area contributed by atoms with Crippen LogP contribution in [0.3, 0.4) is 0 Å². The van der Waals surface area contributed by atoms with E-state index in [9.17, 15) is 24.6 Å². The largest absolute Gasteiger partial charge is 0.462 e. The number of hydrogen-bond acceptors (Lipinski definition) is 10. The van der Waals surface area contributed by atoms with Crippen LogP contribution in [0.4, 0.5) is 0 Å². The fraction of sp³-hybridized carbons (Fsp3) is 0.891. The molecule has 0 aromatic heterocycles. The van der Waals surface area contributed by atoms with E-state index in [4.69, 9.17) is 35.3 Å². The highest BCUT2D eigenvalue weighted by molar-refractivity contribution is 6.18. The van der Waals surface area contributed by atoms with Gasteiger partial charge < -0.3 is 33.9 Å². The van der Waals surface area contributed by atoms with E-state index < -0.39 is 48.0 Å². The average molecular weight is 830 g/mol. The SMILES string of the molecule is CCCCCCCCCCCCCCCCC(=O)OCC(CO)OC(=O)CCCCCCCCC(=O)OC1CCC(O)(CCl)C(C2(C)OC2CC=C(C)C)C1OC. The third kappa shape index (κ3) is 20.4. The second-order valence-corrected chi connectivity index (χ2v) is 17.5. The van der Waals surface area contributed by atoms with Crippen LogP contribution in [0.25, 0.3) is 0 Å². The molecule has 10 nitrogen and oxygen atoms in total. The fourth-order valence-electron chi connectivity index (χ4n) is 8.39. The van der Waals surface area contributed by atoms with E-state index in [2.05, 4.69) is 13.0 Å². The van der Waals surface area contributed by atoms with Crippen LogP contribution in [0.1, 0.15) is 195 Å². The maximum absolute atomic E-state index is 12.9. The number of methoxy groups -OCH3 is 1. The highest BCUT2D eigenvalue weighted by Gasteiger charge is 2.67. The van der Waals surface area contributed by atoms with Crippen LogP contribution in [0.5, 0.6) is 0 Å². The number of ether oxygens (including phenoxy) is 5. The first-order valence-electron chi connectivity index (χ1n) is 22.7. The zero-order valence-electron chi connectivity index (χ0n) is 36.5. The smallest absolute Gasteiger partial charge is 0.306 e. The predicted molar refractivity (Wildman–Crippen MR) is 226 cm³/mol. The Labute approximate surface area is 350 Å². The van der Waals surface area contributed by atoms with Crippen molar-refractivity contribution in [2.75, 3.05) is 26.2 Å². The Bertz CT molecular complexity index is 1140. The molecular formula is C46H81ClO10. The van der Waals surface area contributed by atoms with Crippen LogP contribution >= 0.6 is 11.6 Å². The molecule has 1 aliphatic carbocycles. The monoisotopic (exact) mass is 829 g/mol. The number of esters is 3. The Balaban J connectivity index is 1.51. The minimum absolute atomic E-state index is 0.0492. The van der Waals surface area contributed by atoms with Crippen molar-refractivity contribution in [3.63, 3.8) is 0 Å². The Morgan fingerprint density at radius 3 is 1.75 bits per heavy atom. The number of epoxide rings is 1. The van der Waals surface area contributed by atoms with E-state index in [1.54, 1.807) is 7.11 Å². The average Bonchev–Trinajstić information content (AvgIpc) is 3.86. The Morgan fingerprint density at radius 1 is 0.789 bits per heavy atom. The zero-order chi connectivity index (χ0) is 41.9. The van der Waals surface area contributed by atoms with Gasteiger partial charge in [-0.15, -0.1) is 11.6 Å². The number of carbonyl (C=O) groups is 3. The minimum Gasteiger partial charge on any atom is -0.462 e. The van der Waals surface area contributed by atoms with Crippen molar-refractivity contribution < 1.29 is 48.3 Å². The molecule has 332 valence electrons. The van der Waals surface area contributed by atoms with Gasteiger partial charge in [-0.3, -0.25) is 14.4 Å². The Morgan fingerprint density at radius 2 is 1.28 bits per heavy atom. The summed E-state index contributed by atoms with van der Waals surface area (Å²) in [4.78, 5) is 37.4. The summed E-state index contributed by atoms with van der Waals surface area (Å²) in [6.45, 7) is 7.81. The first-order chi connectivity index (χ1) is 27.4. The normalized spacial score (nSPS) is 24.8. The molecule has 0 aromatic carbocycles. The molecule has 0 radical (unpaired) electrons. The van der Waals surface area contributed by atoms with Crippen LogP contribution in [0.15, 0.2) is 11.6 Å². The van der Waals surface area contributed by atoms with E-state index in [0.29, 0.717) is 38.5 Å². The number of rotatable bonds is 34. The molecule has 0 bridgehead atoms. The highest BCUT2D eigenvalue weighted by atomic mass is 35.5. The standard InChI is InChI=1S/C46H81ClO10/c1-6-7-8-9-10-11-12-13-14-15-16-17-20-23-26-40(49)54-34-37(33-48)55-41(50)27-24-21-18-19-22-25-28-42(51)56-38-31-32-46(52,35-47)44(43(38)53-5)45(4)39(57-45)30-29-36(2)3/h29,37-39,43-44,48,52H,6-28,30-35H2,1-5H3. The number of aliphatic hydroxyl groups is 2. The van der Waals surface area contributed by atoms with Gasteiger partial charge in [0.15, 0.2) is 6.10 Å². The molecule has 2 fully saturated rings. The molecule has 2 N–H and O–H groups in total. The van der Waals surface area contributed by atoms with Crippen molar-refractivity contribution in [3.05, 3.63) is 11.6 Å². The van der Waals surface area contributed by atoms with Crippen molar-refractivity contribution >= 4 is 29.5 Å². The molecule has 11 heteroatoms. The predicted octanol–water partition coefficient (Wildman–Crippen LogP) is 10.2. The topological polar surface area (TPSA) is 141 Å². The van der Waals surface area contributed by atoms with Gasteiger partial charge in [-0.1, -0.05) is 128 Å². The number of aliphatic hydroxyl groups excluding tert-OH is 1. The van der Waals surface area contributed by atoms with Crippen molar-refractivity contribution in [2.45, 2.75) is 230 Å². The van der Waals surface area contributed by atoms with E-state index in [-0.39, 0.29) is 37.0 Å². The van der Waals surface area contributed by atoms with Gasteiger partial charge in [0.1, 0.15) is 24.4 Å². The zero-order valence-corrected chi connectivity index (χ0v) is 37.3. The van der Waals surface area contributed by atoms with E-state index in [1.807, 2.05) is 20.8 Å². The van der Waals surface area contributed by atoms with Crippen LogP contribution in [-0.4, -0.2) is 89.9 Å². The van der Waals surface area contributed by atoms with E-state index >= 15 is 0 Å². The van der Waals surface area contributed by atoms with Gasteiger partial charge >= 0.3 is 17.9 Å². The van der Waals surface area contributed by atoms with Crippen LogP contribution in [-0.2, 0) is 38.1 Å². The van der Waals surface area contributed by atoms with Crippen LogP contribution in [0, 0.1) is 5.92 Å². The number of allylic oxidation sites excluding steroid dienone is 1. The molecule has 7 atom stereocenters. The lowest BCUT2D eigenvalue weighted by Crippen LogP contribution is -2.61. The van der Waals surface area contributed by atoms with Gasteiger partial charge in [-0.05, 0) is 59.3 Å². The molecule has 0 spiro atoms. The molecule has 1 heterocycles. The lowest BCUT2D eigenvalue weighted by Gasteiger charge is -2.48. The lowest BCUT2D eigenvalue weighted by atomic mass is 9.66. The number of halogens is 1. The highest BCUT2D eigenvalue weighted by Crippen LogP contribution is 2.55. The molecule has 7 unspecified atom stereocenters. The number of carbonyl (C=O) groups excluding carboxylic acids is 3. The second-order valence-electron chi connectivity index (χ2n) is 17.2. The molecule has 1 saturated carbocycles. The van der Waals surface area contributed by atoms with Crippen LogP contribution < -0.4 is 0 Å². The summed E-state index contributed by atoms with van der Waals surface area (Å²) >= 11 is 6.31. The van der Waals surface area contributed by atoms with Gasteiger partial charge in [0.05, 0.1) is 30.1 Å². The molecule has 57 heavy (non-hydrogen) atoms. The van der Waals surface area contributed by atoms with Gasteiger partial charge in [0, 0.05) is 26.4 Å². The molecular weight excluding hydrogens is 748 g/mol. The van der Waals surface area contributed by atoms with Crippen molar-refractivity contribution in [2.24, 2.45) is 5.92 Å². The first-order valence-corrected chi connectivity index (χ1v) is 23.2. The Hall–Kier alpha value is -1.72. The molecule has 0 aromatic rings. The quantitative estimate of drug-likeness (QED) is 0.0161. The molecule has 2 aliphatic rings. The summed E-state index contributed by atoms with van der Waals surface area (Å²) in [5.74, 6) is -1.39. The maximum atomic E-state index is 12.9. The maximum Gasteiger partial charge on any atom is 0.306 e. The molecule has 2 rings (SSSR count). The van der Waals surface area contributed by atoms with E-state index in [1.165, 1.54) is 76.2 Å². The first kappa shape index (κ1) is 51.4. The summed E-state index contributed by atoms with van der Waals surface area (Å²) < 4.78 is 28.6. The summed E-state index contributed by atoms with van der Waals surface area (Å²) in [6, 6.07) is 0. The minimum atomic E-state index is -1.18. The van der Waals surface area contributed by atoms with Crippen molar-refractivity contribution in [1.82, 2.24) is 0 Å². The molecule has 1 saturated heterocycles. The number of unbranched alkanes of at least 4 members (excludes halogenated alkanes) is 18. The number of alkyl halides is 1. The van der Waals surface area contributed by atoms with Gasteiger partial charge in [-0.2, -0.15) is 0 Å².